The maximum atomic E-state index is 11.9. The number of nitrogens with one attached hydrogen (secondary N) is 2. The van der Waals surface area contributed by atoms with Crippen LogP contribution >= 0.6 is 27.3 Å². The molecule has 26 heavy (non-hydrogen) atoms. The molecule has 130 valence electrons. The monoisotopic (exact) mass is 428 g/mol. The molecule has 1 amide bonds. The van der Waals surface area contributed by atoms with Gasteiger partial charge in [0.2, 0.25) is 0 Å². The Morgan fingerprint density at radius 3 is 3.00 bits per heavy atom. The number of halogens is 1. The van der Waals surface area contributed by atoms with E-state index in [-0.39, 0.29) is 6.61 Å². The average Bonchev–Trinajstić information content (AvgIpc) is 3.27. The quantitative estimate of drug-likeness (QED) is 0.468. The number of pyridine rings is 1. The van der Waals surface area contributed by atoms with E-state index < -0.39 is 6.09 Å². The molecular formula is C18H13BrN4O2S. The molecule has 4 rings (SSSR count). The molecule has 8 heteroatoms. The van der Waals surface area contributed by atoms with Crippen LogP contribution < -0.4 is 5.32 Å². The van der Waals surface area contributed by atoms with Crippen molar-refractivity contribution in [1.82, 2.24) is 15.0 Å². The van der Waals surface area contributed by atoms with E-state index in [0.717, 1.165) is 32.3 Å². The van der Waals surface area contributed by atoms with E-state index in [1.165, 1.54) is 11.3 Å². The zero-order valence-electron chi connectivity index (χ0n) is 13.4. The summed E-state index contributed by atoms with van der Waals surface area (Å²) in [6.07, 6.45) is 3.06. The van der Waals surface area contributed by atoms with Crippen molar-refractivity contribution in [2.75, 3.05) is 5.32 Å². The molecule has 0 fully saturated rings. The first-order valence-corrected chi connectivity index (χ1v) is 9.42. The summed E-state index contributed by atoms with van der Waals surface area (Å²) in [5, 5.41) is 5.99. The third-order valence-electron chi connectivity index (χ3n) is 3.70. The number of rotatable bonds is 4. The number of ether oxygens (including phenoxy) is 1. The molecule has 0 saturated carbocycles. The summed E-state index contributed by atoms with van der Waals surface area (Å²) in [6.45, 7) is 0.215. The van der Waals surface area contributed by atoms with Crippen LogP contribution in [-0.2, 0) is 11.3 Å². The van der Waals surface area contributed by atoms with E-state index in [9.17, 15) is 4.79 Å². The number of aromatic amines is 1. The lowest BCUT2D eigenvalue weighted by molar-refractivity contribution is 0.155. The van der Waals surface area contributed by atoms with Crippen LogP contribution in [0.1, 0.15) is 5.56 Å². The zero-order valence-corrected chi connectivity index (χ0v) is 15.8. The normalized spacial score (nSPS) is 10.8. The summed E-state index contributed by atoms with van der Waals surface area (Å²) >= 11 is 4.77. The number of carbonyl (C=O) groups is 1. The minimum Gasteiger partial charge on any atom is -0.444 e. The Labute approximate surface area is 161 Å². The van der Waals surface area contributed by atoms with Gasteiger partial charge in [0.05, 0.1) is 5.69 Å². The predicted octanol–water partition coefficient (Wildman–Crippen LogP) is 5.20. The molecule has 0 spiro atoms. The molecule has 3 heterocycles. The summed E-state index contributed by atoms with van der Waals surface area (Å²) in [7, 11) is 0. The Morgan fingerprint density at radius 1 is 1.31 bits per heavy atom. The Balaban J connectivity index is 1.46. The van der Waals surface area contributed by atoms with Gasteiger partial charge in [-0.1, -0.05) is 30.3 Å². The molecule has 1 aromatic carbocycles. The Hall–Kier alpha value is -2.71. The van der Waals surface area contributed by atoms with Gasteiger partial charge < -0.3 is 9.72 Å². The number of hydrogen-bond acceptors (Lipinski definition) is 5. The first-order chi connectivity index (χ1) is 12.7. The molecule has 4 aromatic rings. The van der Waals surface area contributed by atoms with Gasteiger partial charge in [-0.05, 0) is 27.6 Å². The fraction of sp³-hybridized carbons (Fsp3) is 0.0556. The Bertz CT molecular complexity index is 1060. The van der Waals surface area contributed by atoms with E-state index in [1.54, 1.807) is 6.20 Å². The molecule has 0 aliphatic carbocycles. The predicted molar refractivity (Wildman–Crippen MR) is 105 cm³/mol. The highest BCUT2D eigenvalue weighted by atomic mass is 79.9. The van der Waals surface area contributed by atoms with Crippen molar-refractivity contribution >= 4 is 49.5 Å². The number of amides is 1. The summed E-state index contributed by atoms with van der Waals surface area (Å²) < 4.78 is 6.10. The number of carbonyl (C=O) groups excluding carboxylic acids is 1. The Kier molecular flexibility index (Phi) is 4.68. The molecule has 2 N–H and O–H groups in total. The second kappa shape index (κ2) is 7.27. The maximum Gasteiger partial charge on any atom is 0.413 e. The first kappa shape index (κ1) is 16.7. The van der Waals surface area contributed by atoms with Gasteiger partial charge in [0.1, 0.15) is 12.3 Å². The second-order valence-electron chi connectivity index (χ2n) is 5.48. The van der Waals surface area contributed by atoms with E-state index in [0.29, 0.717) is 5.13 Å². The van der Waals surface area contributed by atoms with Crippen molar-refractivity contribution in [2.45, 2.75) is 6.61 Å². The van der Waals surface area contributed by atoms with E-state index in [4.69, 9.17) is 4.74 Å². The molecule has 0 aliphatic heterocycles. The number of benzene rings is 1. The summed E-state index contributed by atoms with van der Waals surface area (Å²) in [6, 6.07) is 11.5. The molecule has 0 bridgehead atoms. The fourth-order valence-electron chi connectivity index (χ4n) is 2.49. The molecule has 0 aliphatic rings. The number of aromatic nitrogens is 3. The van der Waals surface area contributed by atoms with Crippen LogP contribution in [0, 0.1) is 0 Å². The smallest absolute Gasteiger partial charge is 0.413 e. The molecule has 0 atom stereocenters. The topological polar surface area (TPSA) is 79.9 Å². The molecule has 3 aromatic heterocycles. The SMILES string of the molecule is O=C(Nc1nc(-c2c[nH]c3ncc(Br)cc23)cs1)OCc1ccccc1. The number of thiazole rings is 1. The standard InChI is InChI=1S/C18H13BrN4O2S/c19-12-6-13-14(8-21-16(13)20-7-12)15-10-26-17(22-15)23-18(24)25-9-11-4-2-1-3-5-11/h1-8,10H,9H2,(H,20,21)(H,22,23,24). The van der Waals surface area contributed by atoms with Gasteiger partial charge in [-0.3, -0.25) is 5.32 Å². The van der Waals surface area contributed by atoms with Gasteiger partial charge in [0.25, 0.3) is 0 Å². The fourth-order valence-corrected chi connectivity index (χ4v) is 3.52. The number of nitrogens with zero attached hydrogens (tertiary/aromatic N) is 2. The number of anilines is 1. The van der Waals surface area contributed by atoms with Crippen LogP contribution in [-0.4, -0.2) is 21.0 Å². The summed E-state index contributed by atoms with van der Waals surface area (Å²) in [4.78, 5) is 23.9. The largest absolute Gasteiger partial charge is 0.444 e. The van der Waals surface area contributed by atoms with Crippen LogP contribution in [0.25, 0.3) is 22.3 Å². The number of H-pyrrole nitrogens is 1. The number of hydrogen-bond donors (Lipinski definition) is 2. The zero-order chi connectivity index (χ0) is 17.9. The van der Waals surface area contributed by atoms with Crippen LogP contribution in [0.4, 0.5) is 9.93 Å². The van der Waals surface area contributed by atoms with Crippen molar-refractivity contribution < 1.29 is 9.53 Å². The van der Waals surface area contributed by atoms with Gasteiger partial charge >= 0.3 is 6.09 Å². The van der Waals surface area contributed by atoms with Crippen LogP contribution in [0.15, 0.2) is 58.6 Å². The van der Waals surface area contributed by atoms with Gasteiger partial charge in [0.15, 0.2) is 5.13 Å². The summed E-state index contributed by atoms with van der Waals surface area (Å²) in [5.74, 6) is 0. The van der Waals surface area contributed by atoms with Crippen LogP contribution in [0.2, 0.25) is 0 Å². The molecule has 0 unspecified atom stereocenters. The highest BCUT2D eigenvalue weighted by Gasteiger charge is 2.13. The minimum absolute atomic E-state index is 0.215. The molecule has 0 radical (unpaired) electrons. The lowest BCUT2D eigenvalue weighted by Gasteiger charge is -2.04. The molecule has 0 saturated heterocycles. The summed E-state index contributed by atoms with van der Waals surface area (Å²) in [5.41, 5.74) is 3.41. The Morgan fingerprint density at radius 2 is 2.15 bits per heavy atom. The first-order valence-electron chi connectivity index (χ1n) is 7.75. The van der Waals surface area contributed by atoms with Crippen molar-refractivity contribution in [1.29, 1.82) is 0 Å². The van der Waals surface area contributed by atoms with Crippen molar-refractivity contribution in [3.63, 3.8) is 0 Å². The van der Waals surface area contributed by atoms with Gasteiger partial charge in [-0.25, -0.2) is 14.8 Å². The molecular weight excluding hydrogens is 416 g/mol. The van der Waals surface area contributed by atoms with Crippen molar-refractivity contribution in [3.05, 3.63) is 64.2 Å². The lowest BCUT2D eigenvalue weighted by atomic mass is 10.2. The maximum absolute atomic E-state index is 11.9. The third-order valence-corrected chi connectivity index (χ3v) is 4.89. The van der Waals surface area contributed by atoms with Gasteiger partial charge in [-0.15, -0.1) is 11.3 Å². The van der Waals surface area contributed by atoms with E-state index in [2.05, 4.69) is 36.2 Å². The van der Waals surface area contributed by atoms with E-state index >= 15 is 0 Å². The molecule has 6 nitrogen and oxygen atoms in total. The van der Waals surface area contributed by atoms with Crippen molar-refractivity contribution in [3.8, 4) is 11.3 Å². The lowest BCUT2D eigenvalue weighted by Crippen LogP contribution is -2.13. The second-order valence-corrected chi connectivity index (χ2v) is 7.25. The number of fused-ring (bicyclic) bond motifs is 1. The minimum atomic E-state index is -0.530. The highest BCUT2D eigenvalue weighted by molar-refractivity contribution is 9.10. The van der Waals surface area contributed by atoms with Crippen molar-refractivity contribution in [2.24, 2.45) is 0 Å². The van der Waals surface area contributed by atoms with E-state index in [1.807, 2.05) is 48.0 Å². The van der Waals surface area contributed by atoms with Crippen LogP contribution in [0.3, 0.4) is 0 Å². The van der Waals surface area contributed by atoms with Gasteiger partial charge in [-0.2, -0.15) is 0 Å². The van der Waals surface area contributed by atoms with Gasteiger partial charge in [0, 0.05) is 33.2 Å². The van der Waals surface area contributed by atoms with Crippen LogP contribution in [0.5, 0.6) is 0 Å². The highest BCUT2D eigenvalue weighted by Crippen LogP contribution is 2.31. The third kappa shape index (κ3) is 3.61. The average molecular weight is 429 g/mol.